The minimum Gasteiger partial charge on any atom is -0.493 e. The number of methoxy groups -OCH3 is 1. The summed E-state index contributed by atoms with van der Waals surface area (Å²) in [6, 6.07) is 12.1. The van der Waals surface area contributed by atoms with Crippen molar-refractivity contribution in [3.05, 3.63) is 53.1 Å². The fraction of sp³-hybridized carbons (Fsp3) is 0.222. The van der Waals surface area contributed by atoms with Gasteiger partial charge in [0.05, 0.1) is 12.8 Å². The van der Waals surface area contributed by atoms with Crippen molar-refractivity contribution >= 4 is 29.0 Å². The van der Waals surface area contributed by atoms with Gasteiger partial charge in [0.25, 0.3) is 5.91 Å². The van der Waals surface area contributed by atoms with Gasteiger partial charge in [-0.1, -0.05) is 23.7 Å². The quantitative estimate of drug-likeness (QED) is 0.852. The molecule has 0 atom stereocenters. The zero-order valence-corrected chi connectivity index (χ0v) is 13.9. The van der Waals surface area contributed by atoms with Gasteiger partial charge in [0.2, 0.25) is 0 Å². The number of nitrogens with zero attached hydrogens (tertiary/aromatic N) is 1. The summed E-state index contributed by atoms with van der Waals surface area (Å²) < 4.78 is 10.8. The van der Waals surface area contributed by atoms with E-state index in [4.69, 9.17) is 21.1 Å². The van der Waals surface area contributed by atoms with Gasteiger partial charge in [0.1, 0.15) is 0 Å². The van der Waals surface area contributed by atoms with E-state index in [9.17, 15) is 9.59 Å². The van der Waals surface area contributed by atoms with Gasteiger partial charge in [-0.25, -0.2) is 0 Å². The van der Waals surface area contributed by atoms with Crippen molar-refractivity contribution < 1.29 is 19.1 Å². The predicted molar refractivity (Wildman–Crippen MR) is 91.2 cm³/mol. The number of halogens is 1. The summed E-state index contributed by atoms with van der Waals surface area (Å²) in [4.78, 5) is 26.1. The minimum atomic E-state index is -0.225. The summed E-state index contributed by atoms with van der Waals surface area (Å²) in [7, 11) is 1.54. The van der Waals surface area contributed by atoms with Gasteiger partial charge < -0.3 is 14.4 Å². The molecule has 0 saturated heterocycles. The Morgan fingerprint density at radius 3 is 2.71 bits per heavy atom. The van der Waals surface area contributed by atoms with Gasteiger partial charge in [0.15, 0.2) is 23.9 Å². The standard InChI is InChI=1S/C18H16ClNO4/c1-23-16-4-2-3-5-17(16)24-11-18(22)20-9-8-15(21)13-10-12(19)6-7-14(13)20/h2-7,10H,8-9,11H2,1H3. The Bertz CT molecular complexity index is 790. The first-order chi connectivity index (χ1) is 11.6. The molecule has 0 aliphatic carbocycles. The molecule has 1 amide bonds. The number of hydrogen-bond donors (Lipinski definition) is 0. The first-order valence-electron chi connectivity index (χ1n) is 7.49. The lowest BCUT2D eigenvalue weighted by atomic mass is 10.0. The van der Waals surface area contributed by atoms with Crippen molar-refractivity contribution in [2.45, 2.75) is 6.42 Å². The Morgan fingerprint density at radius 1 is 1.21 bits per heavy atom. The van der Waals surface area contributed by atoms with E-state index in [2.05, 4.69) is 0 Å². The molecule has 0 N–H and O–H groups in total. The molecule has 0 aromatic heterocycles. The molecule has 2 aromatic rings. The Hall–Kier alpha value is -2.53. The molecule has 3 rings (SSSR count). The third-order valence-corrected chi connectivity index (χ3v) is 4.07. The molecule has 24 heavy (non-hydrogen) atoms. The van der Waals surface area contributed by atoms with Crippen LogP contribution in [0.5, 0.6) is 11.5 Å². The SMILES string of the molecule is COc1ccccc1OCC(=O)N1CCC(=O)c2cc(Cl)ccc21. The van der Waals surface area contributed by atoms with Crippen LogP contribution in [0, 0.1) is 0 Å². The fourth-order valence-electron chi connectivity index (χ4n) is 2.65. The number of anilines is 1. The molecule has 5 nitrogen and oxygen atoms in total. The summed E-state index contributed by atoms with van der Waals surface area (Å²) in [5.41, 5.74) is 1.05. The second-order valence-corrected chi connectivity index (χ2v) is 5.76. The number of Topliss-reactive ketones (excluding diaryl/α,β-unsaturated/α-hetero) is 1. The van der Waals surface area contributed by atoms with E-state index >= 15 is 0 Å². The monoisotopic (exact) mass is 345 g/mol. The van der Waals surface area contributed by atoms with Crippen LogP contribution in [0.25, 0.3) is 0 Å². The minimum absolute atomic E-state index is 0.0119. The molecule has 1 heterocycles. The lowest BCUT2D eigenvalue weighted by molar-refractivity contribution is -0.120. The highest BCUT2D eigenvalue weighted by Crippen LogP contribution is 2.30. The Balaban J connectivity index is 1.77. The number of rotatable bonds is 4. The van der Waals surface area contributed by atoms with Crippen LogP contribution >= 0.6 is 11.6 Å². The summed E-state index contributed by atoms with van der Waals surface area (Å²) in [5, 5.41) is 0.474. The molecule has 6 heteroatoms. The molecule has 0 unspecified atom stereocenters. The maximum Gasteiger partial charge on any atom is 0.264 e. The number of para-hydroxylation sites is 2. The van der Waals surface area contributed by atoms with Crippen LogP contribution in [0.3, 0.4) is 0 Å². The molecule has 0 saturated carbocycles. The highest BCUT2D eigenvalue weighted by molar-refractivity contribution is 6.31. The maximum absolute atomic E-state index is 12.5. The van der Waals surface area contributed by atoms with E-state index in [-0.39, 0.29) is 24.7 Å². The third-order valence-electron chi connectivity index (χ3n) is 3.83. The molecule has 1 aliphatic rings. The van der Waals surface area contributed by atoms with Crippen molar-refractivity contribution in [2.75, 3.05) is 25.2 Å². The van der Waals surface area contributed by atoms with Gasteiger partial charge in [-0.05, 0) is 30.3 Å². The van der Waals surface area contributed by atoms with Gasteiger partial charge in [-0.2, -0.15) is 0 Å². The molecular weight excluding hydrogens is 330 g/mol. The number of carbonyl (C=O) groups is 2. The smallest absolute Gasteiger partial charge is 0.264 e. The third kappa shape index (κ3) is 3.21. The lowest BCUT2D eigenvalue weighted by Gasteiger charge is -2.28. The van der Waals surface area contributed by atoms with E-state index in [1.807, 2.05) is 6.07 Å². The number of carbonyl (C=O) groups excluding carboxylic acids is 2. The van der Waals surface area contributed by atoms with Crippen molar-refractivity contribution in [3.8, 4) is 11.5 Å². The topological polar surface area (TPSA) is 55.8 Å². The van der Waals surface area contributed by atoms with Crippen LogP contribution in [0.2, 0.25) is 5.02 Å². The highest BCUT2D eigenvalue weighted by atomic mass is 35.5. The Labute approximate surface area is 144 Å². The zero-order valence-electron chi connectivity index (χ0n) is 13.1. The van der Waals surface area contributed by atoms with Crippen LogP contribution in [0.15, 0.2) is 42.5 Å². The summed E-state index contributed by atoms with van der Waals surface area (Å²) >= 11 is 5.95. The molecule has 0 bridgehead atoms. The molecular formula is C18H16ClNO4. The van der Waals surface area contributed by atoms with Crippen LogP contribution in [-0.2, 0) is 4.79 Å². The average Bonchev–Trinajstić information content (AvgIpc) is 2.60. The van der Waals surface area contributed by atoms with Crippen LogP contribution in [0.1, 0.15) is 16.8 Å². The van der Waals surface area contributed by atoms with Crippen molar-refractivity contribution in [2.24, 2.45) is 0 Å². The van der Waals surface area contributed by atoms with Gasteiger partial charge in [-0.3, -0.25) is 9.59 Å². The van der Waals surface area contributed by atoms with E-state index in [0.717, 1.165) is 0 Å². The van der Waals surface area contributed by atoms with Crippen molar-refractivity contribution in [1.82, 2.24) is 0 Å². The second-order valence-electron chi connectivity index (χ2n) is 5.32. The molecule has 0 radical (unpaired) electrons. The van der Waals surface area contributed by atoms with E-state index in [1.165, 1.54) is 0 Å². The molecule has 2 aromatic carbocycles. The van der Waals surface area contributed by atoms with Gasteiger partial charge in [0, 0.05) is 23.6 Å². The lowest BCUT2D eigenvalue weighted by Crippen LogP contribution is -2.40. The number of hydrogen-bond acceptors (Lipinski definition) is 4. The number of ether oxygens (including phenoxy) is 2. The Kier molecular flexibility index (Phi) is 4.71. The molecule has 124 valence electrons. The average molecular weight is 346 g/mol. The van der Waals surface area contributed by atoms with Crippen molar-refractivity contribution in [3.63, 3.8) is 0 Å². The summed E-state index contributed by atoms with van der Waals surface area (Å²) in [6.45, 7) is 0.193. The molecule has 1 aliphatic heterocycles. The van der Waals surface area contributed by atoms with Crippen LogP contribution in [0.4, 0.5) is 5.69 Å². The normalized spacial score (nSPS) is 13.4. The van der Waals surface area contributed by atoms with E-state index in [1.54, 1.807) is 48.4 Å². The zero-order chi connectivity index (χ0) is 17.1. The van der Waals surface area contributed by atoms with E-state index in [0.29, 0.717) is 34.3 Å². The number of fused-ring (bicyclic) bond motifs is 1. The number of amides is 1. The van der Waals surface area contributed by atoms with Crippen molar-refractivity contribution in [1.29, 1.82) is 0 Å². The molecule has 0 spiro atoms. The first kappa shape index (κ1) is 16.3. The second kappa shape index (κ2) is 6.93. The van der Waals surface area contributed by atoms with Gasteiger partial charge in [-0.15, -0.1) is 0 Å². The molecule has 0 fully saturated rings. The Morgan fingerprint density at radius 2 is 1.96 bits per heavy atom. The fourth-order valence-corrected chi connectivity index (χ4v) is 2.82. The number of ketones is 1. The first-order valence-corrected chi connectivity index (χ1v) is 7.87. The van der Waals surface area contributed by atoms with Crippen LogP contribution in [-0.4, -0.2) is 32.0 Å². The maximum atomic E-state index is 12.5. The van der Waals surface area contributed by atoms with Crippen LogP contribution < -0.4 is 14.4 Å². The number of benzene rings is 2. The summed E-state index contributed by atoms with van der Waals surface area (Å²) in [6.07, 6.45) is 0.272. The largest absolute Gasteiger partial charge is 0.493 e. The highest BCUT2D eigenvalue weighted by Gasteiger charge is 2.27. The summed E-state index contributed by atoms with van der Waals surface area (Å²) in [5.74, 6) is 0.822. The van der Waals surface area contributed by atoms with Gasteiger partial charge >= 0.3 is 0 Å². The predicted octanol–water partition coefficient (Wildman–Crippen LogP) is 3.35. The van der Waals surface area contributed by atoms with E-state index < -0.39 is 0 Å².